The molecule has 174 valence electrons. The number of benzene rings is 3. The summed E-state index contributed by atoms with van der Waals surface area (Å²) in [5.74, 6) is -0.0119. The predicted octanol–water partition coefficient (Wildman–Crippen LogP) is 6.20. The number of nitrogens with zero attached hydrogens (tertiary/aromatic N) is 1. The minimum atomic E-state index is -0.647. The number of H-pyrrole nitrogens is 1. The van der Waals surface area contributed by atoms with Gasteiger partial charge in [-0.1, -0.05) is 29.3 Å². The molecule has 3 aromatic carbocycles. The standard InChI is InChI=1S/C25H20Cl2FN3O3/c1-33-16-3-5-21-19(11-16)18-6-7-31(25(32)23(18)30-21)12-13-2-4-20(27)24(22(13)28)34-17-9-14(26)8-15(29)10-17/h2-5,8-11,30H,6-7,12,29H2,1H3. The lowest BCUT2D eigenvalue weighted by atomic mass is 10.0. The van der Waals surface area contributed by atoms with E-state index in [1.165, 1.54) is 18.2 Å². The van der Waals surface area contributed by atoms with Crippen molar-refractivity contribution in [1.82, 2.24) is 9.88 Å². The van der Waals surface area contributed by atoms with Crippen LogP contribution < -0.4 is 15.2 Å². The molecule has 0 unspecified atom stereocenters. The van der Waals surface area contributed by atoms with E-state index in [-0.39, 0.29) is 34.5 Å². The van der Waals surface area contributed by atoms with Crippen molar-refractivity contribution in [2.24, 2.45) is 0 Å². The second-order valence-corrected chi connectivity index (χ2v) is 8.88. The maximum Gasteiger partial charge on any atom is 0.270 e. The van der Waals surface area contributed by atoms with Crippen LogP contribution in [-0.4, -0.2) is 29.4 Å². The van der Waals surface area contributed by atoms with E-state index >= 15 is 4.39 Å². The third-order valence-corrected chi connectivity index (χ3v) is 6.37. The lowest BCUT2D eigenvalue weighted by Crippen LogP contribution is -2.37. The van der Waals surface area contributed by atoms with Crippen molar-refractivity contribution < 1.29 is 18.7 Å². The molecule has 0 saturated carbocycles. The number of carbonyl (C=O) groups is 1. The highest BCUT2D eigenvalue weighted by molar-refractivity contribution is 6.32. The van der Waals surface area contributed by atoms with E-state index in [0.29, 0.717) is 29.4 Å². The molecule has 9 heteroatoms. The van der Waals surface area contributed by atoms with Crippen molar-refractivity contribution in [3.63, 3.8) is 0 Å². The lowest BCUT2D eigenvalue weighted by molar-refractivity contribution is 0.0720. The molecule has 1 aliphatic rings. The van der Waals surface area contributed by atoms with Gasteiger partial charge in [0.25, 0.3) is 5.91 Å². The first-order valence-electron chi connectivity index (χ1n) is 10.5. The fourth-order valence-electron chi connectivity index (χ4n) is 4.21. The molecule has 1 aromatic heterocycles. The number of halogens is 3. The number of methoxy groups -OCH3 is 1. The number of carbonyl (C=O) groups excluding carboxylic acids is 1. The first-order chi connectivity index (χ1) is 16.3. The Bertz CT molecular complexity index is 1420. The van der Waals surface area contributed by atoms with Crippen molar-refractivity contribution in [3.8, 4) is 17.2 Å². The Morgan fingerprint density at radius 1 is 1.12 bits per heavy atom. The monoisotopic (exact) mass is 499 g/mol. The molecule has 0 aliphatic carbocycles. The molecular formula is C25H20Cl2FN3O3. The number of ether oxygens (including phenoxy) is 2. The topological polar surface area (TPSA) is 80.6 Å². The van der Waals surface area contributed by atoms with E-state index in [1.54, 1.807) is 24.1 Å². The second-order valence-electron chi connectivity index (χ2n) is 8.04. The van der Waals surface area contributed by atoms with E-state index in [9.17, 15) is 4.79 Å². The number of aromatic nitrogens is 1. The highest BCUT2D eigenvalue weighted by atomic mass is 35.5. The van der Waals surface area contributed by atoms with Crippen molar-refractivity contribution in [2.45, 2.75) is 13.0 Å². The molecule has 0 atom stereocenters. The maximum atomic E-state index is 15.4. The summed E-state index contributed by atoms with van der Waals surface area (Å²) in [7, 11) is 1.60. The molecule has 0 saturated heterocycles. The number of fused-ring (bicyclic) bond motifs is 3. The van der Waals surface area contributed by atoms with Gasteiger partial charge in [-0.3, -0.25) is 4.79 Å². The molecule has 0 bridgehead atoms. The molecule has 3 N–H and O–H groups in total. The Balaban J connectivity index is 1.43. The highest BCUT2D eigenvalue weighted by Gasteiger charge is 2.29. The summed E-state index contributed by atoms with van der Waals surface area (Å²) in [6, 6.07) is 13.3. The quantitative estimate of drug-likeness (QED) is 0.320. The molecular weight excluding hydrogens is 480 g/mol. The summed E-state index contributed by atoms with van der Waals surface area (Å²) in [6.07, 6.45) is 0.634. The van der Waals surface area contributed by atoms with E-state index in [1.807, 2.05) is 18.2 Å². The van der Waals surface area contributed by atoms with Gasteiger partial charge in [-0.05, 0) is 48.4 Å². The number of amides is 1. The lowest BCUT2D eigenvalue weighted by Gasteiger charge is -2.27. The number of rotatable bonds is 5. The van der Waals surface area contributed by atoms with Gasteiger partial charge in [0.2, 0.25) is 0 Å². The average molecular weight is 500 g/mol. The van der Waals surface area contributed by atoms with Gasteiger partial charge in [-0.25, -0.2) is 4.39 Å². The fourth-order valence-corrected chi connectivity index (χ4v) is 4.63. The minimum absolute atomic E-state index is 0.0635. The van der Waals surface area contributed by atoms with Crippen molar-refractivity contribution >= 4 is 45.7 Å². The summed E-state index contributed by atoms with van der Waals surface area (Å²) in [4.78, 5) is 18.0. The SMILES string of the molecule is COc1ccc2[nH]c3c(c2c1)CCN(Cc1ccc(Cl)c(Oc2cc(N)cc(Cl)c2)c1F)C3=O. The maximum absolute atomic E-state index is 15.4. The Morgan fingerprint density at radius 2 is 1.94 bits per heavy atom. The summed E-state index contributed by atoms with van der Waals surface area (Å²) >= 11 is 12.2. The van der Waals surface area contributed by atoms with Crippen LogP contribution in [0.1, 0.15) is 21.6 Å². The van der Waals surface area contributed by atoms with Crippen molar-refractivity contribution in [1.29, 1.82) is 0 Å². The Kier molecular flexibility index (Phi) is 5.75. The fraction of sp³-hybridized carbons (Fsp3) is 0.160. The zero-order valence-electron chi connectivity index (χ0n) is 18.1. The number of hydrogen-bond donors (Lipinski definition) is 2. The summed E-state index contributed by atoms with van der Waals surface area (Å²) < 4.78 is 26.4. The third kappa shape index (κ3) is 4.02. The number of anilines is 1. The number of nitrogens with two attached hydrogens (primary N) is 1. The molecule has 2 heterocycles. The van der Waals surface area contributed by atoms with Gasteiger partial charge < -0.3 is 25.1 Å². The number of nitrogen functional groups attached to an aromatic ring is 1. The van der Waals surface area contributed by atoms with E-state index < -0.39 is 5.82 Å². The molecule has 5 rings (SSSR count). The van der Waals surface area contributed by atoms with Crippen LogP contribution in [0, 0.1) is 5.82 Å². The van der Waals surface area contributed by atoms with Crippen LogP contribution in [0.4, 0.5) is 10.1 Å². The molecule has 4 aromatic rings. The van der Waals surface area contributed by atoms with E-state index in [2.05, 4.69) is 4.98 Å². The van der Waals surface area contributed by atoms with Crippen molar-refractivity contribution in [3.05, 3.63) is 81.2 Å². The molecule has 0 fully saturated rings. The number of nitrogens with one attached hydrogen (secondary N) is 1. The molecule has 1 amide bonds. The summed E-state index contributed by atoms with van der Waals surface area (Å²) in [5.41, 5.74) is 8.76. The molecule has 0 spiro atoms. The van der Waals surface area contributed by atoms with Crippen LogP contribution in [-0.2, 0) is 13.0 Å². The highest BCUT2D eigenvalue weighted by Crippen LogP contribution is 2.37. The van der Waals surface area contributed by atoms with Gasteiger partial charge in [0.15, 0.2) is 11.6 Å². The first kappa shape index (κ1) is 22.4. The zero-order valence-corrected chi connectivity index (χ0v) is 19.6. The number of hydrogen-bond acceptors (Lipinski definition) is 4. The second kappa shape index (κ2) is 8.74. The van der Waals surface area contributed by atoms with Gasteiger partial charge >= 0.3 is 0 Å². The van der Waals surface area contributed by atoms with Crippen LogP contribution in [0.25, 0.3) is 10.9 Å². The first-order valence-corrected chi connectivity index (χ1v) is 11.3. The van der Waals surface area contributed by atoms with Crippen LogP contribution in [0.3, 0.4) is 0 Å². The largest absolute Gasteiger partial charge is 0.497 e. The van der Waals surface area contributed by atoms with Gasteiger partial charge in [0.1, 0.15) is 17.2 Å². The molecule has 6 nitrogen and oxygen atoms in total. The summed E-state index contributed by atoms with van der Waals surface area (Å²) in [5, 5.41) is 1.40. The Hall–Kier alpha value is -3.42. The van der Waals surface area contributed by atoms with Crippen molar-refractivity contribution in [2.75, 3.05) is 19.4 Å². The Morgan fingerprint density at radius 3 is 2.71 bits per heavy atom. The van der Waals surface area contributed by atoms with Gasteiger partial charge in [-0.2, -0.15) is 0 Å². The van der Waals surface area contributed by atoms with Gasteiger partial charge in [-0.15, -0.1) is 0 Å². The zero-order chi connectivity index (χ0) is 24.0. The minimum Gasteiger partial charge on any atom is -0.497 e. The van der Waals surface area contributed by atoms with Crippen LogP contribution in [0.5, 0.6) is 17.2 Å². The van der Waals surface area contributed by atoms with Crippen LogP contribution >= 0.6 is 23.2 Å². The van der Waals surface area contributed by atoms with Gasteiger partial charge in [0, 0.05) is 46.3 Å². The third-order valence-electron chi connectivity index (χ3n) is 5.85. The molecule has 34 heavy (non-hydrogen) atoms. The van der Waals surface area contributed by atoms with Crippen LogP contribution in [0.2, 0.25) is 10.0 Å². The van der Waals surface area contributed by atoms with E-state index in [4.69, 9.17) is 38.4 Å². The van der Waals surface area contributed by atoms with Gasteiger partial charge in [0.05, 0.1) is 12.1 Å². The summed E-state index contributed by atoms with van der Waals surface area (Å²) in [6.45, 7) is 0.507. The normalized spacial score (nSPS) is 13.3. The average Bonchev–Trinajstić information content (AvgIpc) is 3.18. The molecule has 1 aliphatic heterocycles. The Labute approximate surface area is 205 Å². The van der Waals surface area contributed by atoms with E-state index in [0.717, 1.165) is 22.2 Å². The number of aromatic amines is 1. The smallest absolute Gasteiger partial charge is 0.270 e. The van der Waals surface area contributed by atoms with Crippen LogP contribution in [0.15, 0.2) is 48.5 Å². The molecule has 0 radical (unpaired) electrons. The predicted molar refractivity (Wildman–Crippen MR) is 131 cm³/mol.